The molecule has 27 heavy (non-hydrogen) atoms. The van der Waals surface area contributed by atoms with E-state index in [0.717, 1.165) is 22.2 Å². The van der Waals surface area contributed by atoms with E-state index in [1.54, 1.807) is 24.1 Å². The van der Waals surface area contributed by atoms with E-state index in [4.69, 9.17) is 9.47 Å². The lowest BCUT2D eigenvalue weighted by atomic mass is 10.1. The Morgan fingerprint density at radius 1 is 1.19 bits per heavy atom. The van der Waals surface area contributed by atoms with E-state index in [1.165, 1.54) is 12.1 Å². The number of benzene rings is 2. The zero-order chi connectivity index (χ0) is 19.0. The minimum atomic E-state index is -0.284. The summed E-state index contributed by atoms with van der Waals surface area (Å²) in [5.74, 6) is 0.436. The molecule has 5 nitrogen and oxygen atoms in total. The summed E-state index contributed by atoms with van der Waals surface area (Å²) in [6.07, 6.45) is -0.252. The van der Waals surface area contributed by atoms with E-state index in [0.29, 0.717) is 25.4 Å². The average molecular weight is 368 g/mol. The molecule has 1 aliphatic heterocycles. The highest BCUT2D eigenvalue weighted by Crippen LogP contribution is 2.27. The number of amides is 1. The Bertz CT molecular complexity index is 981. The van der Waals surface area contributed by atoms with Gasteiger partial charge in [0, 0.05) is 24.5 Å². The first kappa shape index (κ1) is 17.5. The molecular formula is C21H21FN2O3. The number of methoxy groups -OCH3 is 1. The van der Waals surface area contributed by atoms with Crippen LogP contribution in [0.15, 0.2) is 48.5 Å². The van der Waals surface area contributed by atoms with E-state index in [9.17, 15) is 9.18 Å². The standard InChI is InChI=1S/C21H21FN2O3/c1-23-18-8-7-17(26-2)11-15(18)12-19(23)21(25)24-9-10-27-20(13-24)14-3-5-16(22)6-4-14/h3-8,11-12,20H,9-10,13H2,1-2H3/t20-/m1/s1. The number of aromatic nitrogens is 1. The van der Waals surface area contributed by atoms with Crippen molar-refractivity contribution in [2.75, 3.05) is 26.8 Å². The van der Waals surface area contributed by atoms with Crippen LogP contribution in [0.25, 0.3) is 10.9 Å². The van der Waals surface area contributed by atoms with Crippen molar-refractivity contribution in [3.05, 3.63) is 65.6 Å². The van der Waals surface area contributed by atoms with Gasteiger partial charge in [-0.1, -0.05) is 12.1 Å². The predicted molar refractivity (Wildman–Crippen MR) is 100 cm³/mol. The quantitative estimate of drug-likeness (QED) is 0.710. The number of carbonyl (C=O) groups excluding carboxylic acids is 1. The number of fused-ring (bicyclic) bond motifs is 1. The van der Waals surface area contributed by atoms with E-state index in [-0.39, 0.29) is 17.8 Å². The van der Waals surface area contributed by atoms with Gasteiger partial charge in [0.05, 0.1) is 20.3 Å². The molecule has 140 valence electrons. The first-order chi connectivity index (χ1) is 13.1. The van der Waals surface area contributed by atoms with Gasteiger partial charge in [0.15, 0.2) is 0 Å². The summed E-state index contributed by atoms with van der Waals surface area (Å²) >= 11 is 0. The van der Waals surface area contributed by atoms with E-state index in [1.807, 2.05) is 35.9 Å². The van der Waals surface area contributed by atoms with Crippen LogP contribution < -0.4 is 4.74 Å². The third kappa shape index (κ3) is 3.28. The lowest BCUT2D eigenvalue weighted by molar-refractivity contribution is -0.0231. The Balaban J connectivity index is 1.59. The fraction of sp³-hybridized carbons (Fsp3) is 0.286. The Kier molecular flexibility index (Phi) is 4.58. The summed E-state index contributed by atoms with van der Waals surface area (Å²) in [5.41, 5.74) is 2.47. The summed E-state index contributed by atoms with van der Waals surface area (Å²) in [6.45, 7) is 1.42. The molecule has 1 atom stereocenters. The second-order valence-electron chi connectivity index (χ2n) is 6.68. The average Bonchev–Trinajstić information content (AvgIpc) is 3.04. The zero-order valence-electron chi connectivity index (χ0n) is 15.3. The largest absolute Gasteiger partial charge is 0.497 e. The first-order valence-electron chi connectivity index (χ1n) is 8.86. The van der Waals surface area contributed by atoms with Crippen molar-refractivity contribution >= 4 is 16.8 Å². The minimum Gasteiger partial charge on any atom is -0.497 e. The van der Waals surface area contributed by atoms with Crippen LogP contribution in [0.4, 0.5) is 4.39 Å². The van der Waals surface area contributed by atoms with Crippen LogP contribution in [0.3, 0.4) is 0 Å². The van der Waals surface area contributed by atoms with Crippen molar-refractivity contribution in [3.8, 4) is 5.75 Å². The third-order valence-electron chi connectivity index (χ3n) is 5.06. The molecule has 0 unspecified atom stereocenters. The van der Waals surface area contributed by atoms with E-state index < -0.39 is 0 Å². The molecule has 0 saturated carbocycles. The molecule has 1 saturated heterocycles. The summed E-state index contributed by atoms with van der Waals surface area (Å²) in [6, 6.07) is 13.9. The van der Waals surface area contributed by atoms with Gasteiger partial charge in [0.2, 0.25) is 0 Å². The lowest BCUT2D eigenvalue weighted by Crippen LogP contribution is -2.42. The number of morpholine rings is 1. The van der Waals surface area contributed by atoms with Crippen LogP contribution >= 0.6 is 0 Å². The third-order valence-corrected chi connectivity index (χ3v) is 5.06. The maximum Gasteiger partial charge on any atom is 0.270 e. The van der Waals surface area contributed by atoms with Crippen LogP contribution in [0.5, 0.6) is 5.75 Å². The lowest BCUT2D eigenvalue weighted by Gasteiger charge is -2.33. The maximum atomic E-state index is 13.2. The minimum absolute atomic E-state index is 0.0388. The van der Waals surface area contributed by atoms with Crippen molar-refractivity contribution in [2.24, 2.45) is 7.05 Å². The molecule has 0 bridgehead atoms. The second kappa shape index (κ2) is 7.04. The van der Waals surface area contributed by atoms with Crippen molar-refractivity contribution in [3.63, 3.8) is 0 Å². The van der Waals surface area contributed by atoms with Gasteiger partial charge in [-0.15, -0.1) is 0 Å². The number of nitrogens with zero attached hydrogens (tertiary/aromatic N) is 2. The highest BCUT2D eigenvalue weighted by Gasteiger charge is 2.28. The van der Waals surface area contributed by atoms with Crippen LogP contribution in [0.1, 0.15) is 22.2 Å². The number of carbonyl (C=O) groups is 1. The number of ether oxygens (including phenoxy) is 2. The molecule has 2 aromatic carbocycles. The molecule has 1 amide bonds. The van der Waals surface area contributed by atoms with Crippen LogP contribution in [-0.2, 0) is 11.8 Å². The zero-order valence-corrected chi connectivity index (χ0v) is 15.3. The molecule has 0 N–H and O–H groups in total. The van der Waals surface area contributed by atoms with Crippen molar-refractivity contribution in [1.82, 2.24) is 9.47 Å². The van der Waals surface area contributed by atoms with Gasteiger partial charge in [-0.3, -0.25) is 4.79 Å². The molecule has 3 aromatic rings. The Morgan fingerprint density at radius 2 is 1.96 bits per heavy atom. The fourth-order valence-electron chi connectivity index (χ4n) is 3.53. The molecule has 4 rings (SSSR count). The SMILES string of the molecule is COc1ccc2c(c1)cc(C(=O)N1CCO[C@@H](c3ccc(F)cc3)C1)n2C. The molecule has 2 heterocycles. The number of hydrogen-bond acceptors (Lipinski definition) is 3. The second-order valence-corrected chi connectivity index (χ2v) is 6.68. The smallest absolute Gasteiger partial charge is 0.270 e. The molecular weight excluding hydrogens is 347 g/mol. The number of rotatable bonds is 3. The summed E-state index contributed by atoms with van der Waals surface area (Å²) in [7, 11) is 3.51. The highest BCUT2D eigenvalue weighted by atomic mass is 19.1. The summed E-state index contributed by atoms with van der Waals surface area (Å²) in [5, 5.41) is 0.962. The normalized spacial score (nSPS) is 17.3. The topological polar surface area (TPSA) is 43.7 Å². The number of halogens is 1. The van der Waals surface area contributed by atoms with Crippen LogP contribution in [-0.4, -0.2) is 42.2 Å². The van der Waals surface area contributed by atoms with Crippen molar-refractivity contribution in [1.29, 1.82) is 0 Å². The van der Waals surface area contributed by atoms with Gasteiger partial charge < -0.3 is 18.9 Å². The molecule has 6 heteroatoms. The predicted octanol–water partition coefficient (Wildman–Crippen LogP) is 3.54. The fourth-order valence-corrected chi connectivity index (χ4v) is 3.53. The molecule has 0 aliphatic carbocycles. The Morgan fingerprint density at radius 3 is 2.70 bits per heavy atom. The monoisotopic (exact) mass is 368 g/mol. The van der Waals surface area contributed by atoms with E-state index in [2.05, 4.69) is 0 Å². The Hall–Kier alpha value is -2.86. The van der Waals surface area contributed by atoms with Gasteiger partial charge in [0.25, 0.3) is 5.91 Å². The Labute approximate surface area is 156 Å². The molecule has 0 spiro atoms. The number of aryl methyl sites for hydroxylation is 1. The van der Waals surface area contributed by atoms with Gasteiger partial charge in [0.1, 0.15) is 23.4 Å². The van der Waals surface area contributed by atoms with Gasteiger partial charge >= 0.3 is 0 Å². The van der Waals surface area contributed by atoms with Crippen molar-refractivity contribution in [2.45, 2.75) is 6.10 Å². The molecule has 1 fully saturated rings. The van der Waals surface area contributed by atoms with Gasteiger partial charge in [-0.2, -0.15) is 0 Å². The molecule has 1 aliphatic rings. The van der Waals surface area contributed by atoms with E-state index >= 15 is 0 Å². The van der Waals surface area contributed by atoms with Crippen LogP contribution in [0.2, 0.25) is 0 Å². The molecule has 1 aromatic heterocycles. The molecule has 0 radical (unpaired) electrons. The van der Waals surface area contributed by atoms with Crippen molar-refractivity contribution < 1.29 is 18.7 Å². The number of hydrogen-bond donors (Lipinski definition) is 0. The maximum absolute atomic E-state index is 13.2. The highest BCUT2D eigenvalue weighted by molar-refractivity contribution is 5.99. The van der Waals surface area contributed by atoms with Gasteiger partial charge in [-0.25, -0.2) is 4.39 Å². The summed E-state index contributed by atoms with van der Waals surface area (Å²) < 4.78 is 26.1. The van der Waals surface area contributed by atoms with Gasteiger partial charge in [-0.05, 0) is 42.0 Å². The first-order valence-corrected chi connectivity index (χ1v) is 8.86. The van der Waals surface area contributed by atoms with Crippen LogP contribution in [0, 0.1) is 5.82 Å². The summed E-state index contributed by atoms with van der Waals surface area (Å²) in [4.78, 5) is 14.9.